The molecule has 0 aliphatic carbocycles. The Morgan fingerprint density at radius 2 is 2.27 bits per heavy atom. The predicted octanol–water partition coefficient (Wildman–Crippen LogP) is 1.88. The van der Waals surface area contributed by atoms with Crippen LogP contribution >= 0.6 is 11.6 Å². The topological polar surface area (TPSA) is 55.1 Å². The smallest absolute Gasteiger partial charge is 0.307 e. The monoisotopic (exact) mass is 228 g/mol. The fourth-order valence-corrected chi connectivity index (χ4v) is 1.54. The van der Waals surface area contributed by atoms with E-state index in [-0.39, 0.29) is 6.42 Å². The van der Waals surface area contributed by atoms with E-state index in [9.17, 15) is 4.79 Å². The third kappa shape index (κ3) is 2.83. The normalized spacial score (nSPS) is 11.1. The minimum atomic E-state index is -0.839. The Labute approximate surface area is 93.2 Å². The van der Waals surface area contributed by atoms with Crippen molar-refractivity contribution in [3.05, 3.63) is 28.6 Å². The van der Waals surface area contributed by atoms with Gasteiger partial charge in [0.2, 0.25) is 0 Å². The van der Waals surface area contributed by atoms with Crippen LogP contribution in [0.2, 0.25) is 0 Å². The lowest BCUT2D eigenvalue weighted by atomic mass is 10.1. The van der Waals surface area contributed by atoms with Crippen molar-refractivity contribution in [3.63, 3.8) is 0 Å². The van der Waals surface area contributed by atoms with Gasteiger partial charge < -0.3 is 5.11 Å². The fraction of sp³-hybridized carbons (Fsp3) is 0.400. The van der Waals surface area contributed by atoms with Gasteiger partial charge in [-0.25, -0.2) is 0 Å². The molecule has 1 aromatic rings. The van der Waals surface area contributed by atoms with Gasteiger partial charge in [-0.15, -0.1) is 0 Å². The molecule has 4 nitrogen and oxygen atoms in total. The van der Waals surface area contributed by atoms with Crippen LogP contribution in [0.15, 0.2) is 11.6 Å². The van der Waals surface area contributed by atoms with Crippen molar-refractivity contribution in [2.45, 2.75) is 26.8 Å². The van der Waals surface area contributed by atoms with Crippen molar-refractivity contribution in [1.82, 2.24) is 9.78 Å². The molecular formula is C10H13ClN2O2. The van der Waals surface area contributed by atoms with Crippen LogP contribution in [0.1, 0.15) is 17.0 Å². The zero-order valence-electron chi connectivity index (χ0n) is 8.70. The highest BCUT2D eigenvalue weighted by atomic mass is 35.5. The van der Waals surface area contributed by atoms with Gasteiger partial charge in [0.15, 0.2) is 0 Å². The highest BCUT2D eigenvalue weighted by Gasteiger charge is 2.13. The van der Waals surface area contributed by atoms with Crippen molar-refractivity contribution in [1.29, 1.82) is 0 Å². The van der Waals surface area contributed by atoms with Gasteiger partial charge in [0.05, 0.1) is 18.7 Å². The van der Waals surface area contributed by atoms with Crippen molar-refractivity contribution in [3.8, 4) is 0 Å². The summed E-state index contributed by atoms with van der Waals surface area (Å²) in [5.74, 6) is -0.839. The van der Waals surface area contributed by atoms with Gasteiger partial charge in [-0.1, -0.05) is 17.7 Å². The summed E-state index contributed by atoms with van der Waals surface area (Å²) in [7, 11) is 0. The zero-order valence-corrected chi connectivity index (χ0v) is 9.45. The number of carboxylic acid groups (broad SMARTS) is 1. The summed E-state index contributed by atoms with van der Waals surface area (Å²) in [6.07, 6.45) is 1.77. The Kier molecular flexibility index (Phi) is 3.91. The second-order valence-corrected chi connectivity index (χ2v) is 3.52. The Bertz CT molecular complexity index is 396. The Hall–Kier alpha value is -1.29. The van der Waals surface area contributed by atoms with Crippen LogP contribution in [-0.4, -0.2) is 20.9 Å². The maximum absolute atomic E-state index is 10.6. The molecule has 1 rings (SSSR count). The lowest BCUT2D eigenvalue weighted by Gasteiger charge is -2.00. The molecule has 0 bridgehead atoms. The molecule has 0 fully saturated rings. The van der Waals surface area contributed by atoms with E-state index in [2.05, 4.69) is 5.10 Å². The average molecular weight is 229 g/mol. The summed E-state index contributed by atoms with van der Waals surface area (Å²) in [6.45, 7) is 4.24. The van der Waals surface area contributed by atoms with Crippen LogP contribution in [-0.2, 0) is 17.8 Å². The van der Waals surface area contributed by atoms with Gasteiger partial charge in [0.1, 0.15) is 0 Å². The number of hydrogen-bond donors (Lipinski definition) is 1. The van der Waals surface area contributed by atoms with E-state index in [1.807, 2.05) is 13.8 Å². The number of aliphatic carboxylic acids is 1. The Balaban J connectivity index is 2.97. The molecule has 0 amide bonds. The summed E-state index contributed by atoms with van der Waals surface area (Å²) < 4.78 is 1.74. The molecule has 0 aromatic carbocycles. The van der Waals surface area contributed by atoms with Gasteiger partial charge in [-0.2, -0.15) is 5.10 Å². The molecule has 0 saturated heterocycles. The molecule has 1 aromatic heterocycles. The highest BCUT2D eigenvalue weighted by Crippen LogP contribution is 2.13. The molecule has 5 heteroatoms. The second-order valence-electron chi connectivity index (χ2n) is 3.26. The molecule has 1 heterocycles. The largest absolute Gasteiger partial charge is 0.481 e. The maximum Gasteiger partial charge on any atom is 0.307 e. The number of aryl methyl sites for hydroxylation is 1. The number of halogens is 1. The van der Waals surface area contributed by atoms with Crippen LogP contribution in [0.5, 0.6) is 0 Å². The molecule has 0 aliphatic rings. The van der Waals surface area contributed by atoms with E-state index in [1.165, 1.54) is 5.54 Å². The first-order chi connectivity index (χ1) is 7.06. The van der Waals surface area contributed by atoms with Crippen molar-refractivity contribution in [2.24, 2.45) is 0 Å². The summed E-state index contributed by atoms with van der Waals surface area (Å²) in [4.78, 5) is 10.6. The van der Waals surface area contributed by atoms with E-state index in [1.54, 1.807) is 10.8 Å². The quantitative estimate of drug-likeness (QED) is 0.856. The van der Waals surface area contributed by atoms with Crippen LogP contribution in [0.4, 0.5) is 0 Å². The molecule has 0 aliphatic heterocycles. The lowest BCUT2D eigenvalue weighted by Crippen LogP contribution is -2.04. The highest BCUT2D eigenvalue weighted by molar-refractivity contribution is 6.25. The minimum absolute atomic E-state index is 0.0161. The number of nitrogens with zero attached hydrogens (tertiary/aromatic N) is 2. The van der Waals surface area contributed by atoms with Crippen molar-refractivity contribution < 1.29 is 9.90 Å². The molecule has 15 heavy (non-hydrogen) atoms. The van der Waals surface area contributed by atoms with E-state index < -0.39 is 5.97 Å². The first-order valence-electron chi connectivity index (χ1n) is 4.56. The van der Waals surface area contributed by atoms with E-state index in [0.717, 1.165) is 17.0 Å². The van der Waals surface area contributed by atoms with Gasteiger partial charge in [-0.3, -0.25) is 9.48 Å². The second kappa shape index (κ2) is 4.98. The van der Waals surface area contributed by atoms with Crippen LogP contribution in [0, 0.1) is 13.8 Å². The van der Waals surface area contributed by atoms with Crippen LogP contribution < -0.4 is 0 Å². The van der Waals surface area contributed by atoms with Gasteiger partial charge in [0, 0.05) is 16.8 Å². The predicted molar refractivity (Wildman–Crippen MR) is 58.0 cm³/mol. The number of allylic oxidation sites excluding steroid dienone is 1. The maximum atomic E-state index is 10.6. The lowest BCUT2D eigenvalue weighted by molar-refractivity contribution is -0.136. The molecule has 1 N–H and O–H groups in total. The first-order valence-corrected chi connectivity index (χ1v) is 4.99. The summed E-state index contributed by atoms with van der Waals surface area (Å²) in [5.41, 5.74) is 3.85. The minimum Gasteiger partial charge on any atom is -0.481 e. The molecule has 0 spiro atoms. The number of rotatable bonds is 4. The first kappa shape index (κ1) is 11.8. The molecule has 0 radical (unpaired) electrons. The van der Waals surface area contributed by atoms with Gasteiger partial charge in [0.25, 0.3) is 0 Å². The summed E-state index contributed by atoms with van der Waals surface area (Å²) >= 11 is 5.42. The molecule has 82 valence electrons. The Morgan fingerprint density at radius 3 is 2.80 bits per heavy atom. The van der Waals surface area contributed by atoms with Gasteiger partial charge in [-0.05, 0) is 13.8 Å². The van der Waals surface area contributed by atoms with E-state index in [0.29, 0.717) is 6.54 Å². The zero-order chi connectivity index (χ0) is 11.4. The number of aromatic nitrogens is 2. The Morgan fingerprint density at radius 1 is 1.60 bits per heavy atom. The molecule has 0 atom stereocenters. The third-order valence-electron chi connectivity index (χ3n) is 2.23. The average Bonchev–Trinajstić information content (AvgIpc) is 2.42. The SMILES string of the molecule is Cc1nn(CC=CCl)c(C)c1CC(=O)O. The third-order valence-corrected chi connectivity index (χ3v) is 2.40. The van der Waals surface area contributed by atoms with Gasteiger partial charge >= 0.3 is 5.97 Å². The number of carbonyl (C=O) groups is 1. The molecule has 0 unspecified atom stereocenters. The van der Waals surface area contributed by atoms with E-state index in [4.69, 9.17) is 16.7 Å². The van der Waals surface area contributed by atoms with Crippen LogP contribution in [0.25, 0.3) is 0 Å². The van der Waals surface area contributed by atoms with Crippen molar-refractivity contribution >= 4 is 17.6 Å². The molecule has 0 saturated carbocycles. The fourth-order valence-electron chi connectivity index (χ4n) is 1.46. The standard InChI is InChI=1S/C10H13ClN2O2/c1-7-9(6-10(14)15)8(2)13(12-7)5-3-4-11/h3-4H,5-6H2,1-2H3,(H,14,15). The number of carboxylic acids is 1. The van der Waals surface area contributed by atoms with Crippen molar-refractivity contribution in [2.75, 3.05) is 0 Å². The number of hydrogen-bond acceptors (Lipinski definition) is 2. The van der Waals surface area contributed by atoms with Crippen LogP contribution in [0.3, 0.4) is 0 Å². The molecular weight excluding hydrogens is 216 g/mol. The van der Waals surface area contributed by atoms with E-state index >= 15 is 0 Å². The summed E-state index contributed by atoms with van der Waals surface area (Å²) in [6, 6.07) is 0. The summed E-state index contributed by atoms with van der Waals surface area (Å²) in [5, 5.41) is 13.0.